The predicted octanol–water partition coefficient (Wildman–Crippen LogP) is 3.55. The Labute approximate surface area is 142 Å². The van der Waals surface area contributed by atoms with Crippen LogP contribution in [-0.2, 0) is 0 Å². The van der Waals surface area contributed by atoms with Crippen LogP contribution in [0.4, 0.5) is 0 Å². The minimum Gasteiger partial charge on any atom is -0.504 e. The van der Waals surface area contributed by atoms with Crippen molar-refractivity contribution in [1.82, 2.24) is 0 Å². The zero-order valence-electron chi connectivity index (χ0n) is 13.9. The molecular formula is C19H16O6. The average molecular weight is 340 g/mol. The van der Waals surface area contributed by atoms with E-state index in [4.69, 9.17) is 13.9 Å². The summed E-state index contributed by atoms with van der Waals surface area (Å²) >= 11 is 0. The quantitative estimate of drug-likeness (QED) is 0.659. The van der Waals surface area contributed by atoms with Crippen molar-refractivity contribution in [1.29, 1.82) is 0 Å². The van der Waals surface area contributed by atoms with Gasteiger partial charge < -0.3 is 24.1 Å². The second-order valence-corrected chi connectivity index (χ2v) is 6.45. The van der Waals surface area contributed by atoms with Crippen molar-refractivity contribution < 1.29 is 24.1 Å². The lowest BCUT2D eigenvalue weighted by atomic mass is 9.98. The first-order valence-corrected chi connectivity index (χ1v) is 7.73. The van der Waals surface area contributed by atoms with Crippen LogP contribution in [0.2, 0.25) is 0 Å². The fourth-order valence-electron chi connectivity index (χ4n) is 3.08. The van der Waals surface area contributed by atoms with E-state index in [1.807, 2.05) is 19.9 Å². The number of aromatic hydroxyl groups is 2. The van der Waals surface area contributed by atoms with Crippen LogP contribution in [0.15, 0.2) is 33.5 Å². The Morgan fingerprint density at radius 2 is 1.92 bits per heavy atom. The Kier molecular flexibility index (Phi) is 3.03. The zero-order valence-corrected chi connectivity index (χ0v) is 13.9. The Bertz CT molecular complexity index is 1120. The molecule has 0 fully saturated rings. The van der Waals surface area contributed by atoms with Gasteiger partial charge in [0.2, 0.25) is 11.2 Å². The predicted molar refractivity (Wildman–Crippen MR) is 93.6 cm³/mol. The fraction of sp³-hybridized carbons (Fsp3) is 0.211. The molecule has 0 unspecified atom stereocenters. The van der Waals surface area contributed by atoms with Crippen molar-refractivity contribution in [2.24, 2.45) is 0 Å². The van der Waals surface area contributed by atoms with E-state index >= 15 is 0 Å². The molecule has 3 aromatic rings. The van der Waals surface area contributed by atoms with Gasteiger partial charge in [-0.25, -0.2) is 0 Å². The molecule has 0 saturated heterocycles. The summed E-state index contributed by atoms with van der Waals surface area (Å²) in [5, 5.41) is 20.8. The van der Waals surface area contributed by atoms with E-state index < -0.39 is 11.0 Å². The third-order valence-corrected chi connectivity index (χ3v) is 4.27. The number of methoxy groups -OCH3 is 1. The van der Waals surface area contributed by atoms with Gasteiger partial charge in [-0.3, -0.25) is 4.79 Å². The van der Waals surface area contributed by atoms with E-state index in [1.54, 1.807) is 12.1 Å². The van der Waals surface area contributed by atoms with Crippen molar-refractivity contribution in [3.8, 4) is 23.0 Å². The normalized spacial score (nSPS) is 15.2. The highest BCUT2D eigenvalue weighted by Gasteiger charge is 2.31. The maximum atomic E-state index is 12.9. The van der Waals surface area contributed by atoms with Crippen LogP contribution in [0, 0.1) is 0 Å². The van der Waals surface area contributed by atoms with Crippen LogP contribution in [0.5, 0.6) is 23.0 Å². The first kappa shape index (κ1) is 15.4. The number of rotatable bonds is 1. The molecule has 25 heavy (non-hydrogen) atoms. The van der Waals surface area contributed by atoms with Crippen molar-refractivity contribution in [3.05, 3.63) is 40.1 Å². The van der Waals surface area contributed by atoms with Crippen molar-refractivity contribution >= 4 is 28.0 Å². The molecule has 1 aliphatic heterocycles. The second kappa shape index (κ2) is 4.92. The van der Waals surface area contributed by atoms with Crippen LogP contribution in [0.25, 0.3) is 28.0 Å². The molecule has 1 aliphatic rings. The summed E-state index contributed by atoms with van der Waals surface area (Å²) in [5.74, 6) is -0.132. The van der Waals surface area contributed by atoms with E-state index in [0.717, 1.165) is 0 Å². The molecule has 0 spiro atoms. The van der Waals surface area contributed by atoms with E-state index in [2.05, 4.69) is 0 Å². The molecule has 6 heteroatoms. The second-order valence-electron chi connectivity index (χ2n) is 6.45. The first-order valence-electron chi connectivity index (χ1n) is 7.73. The smallest absolute Gasteiger partial charge is 0.204 e. The summed E-state index contributed by atoms with van der Waals surface area (Å²) < 4.78 is 17.0. The van der Waals surface area contributed by atoms with Crippen LogP contribution in [0.3, 0.4) is 0 Å². The molecule has 0 saturated carbocycles. The fourth-order valence-corrected chi connectivity index (χ4v) is 3.08. The minimum absolute atomic E-state index is 0.0124. The number of phenols is 2. The first-order chi connectivity index (χ1) is 11.8. The molecule has 0 radical (unpaired) electrons. The highest BCUT2D eigenvalue weighted by molar-refractivity contribution is 6.02. The Morgan fingerprint density at radius 1 is 1.16 bits per heavy atom. The van der Waals surface area contributed by atoms with Crippen LogP contribution >= 0.6 is 0 Å². The molecule has 2 heterocycles. The number of hydrogen-bond acceptors (Lipinski definition) is 6. The molecule has 1 aromatic heterocycles. The third kappa shape index (κ3) is 2.07. The lowest BCUT2D eigenvalue weighted by molar-refractivity contribution is 0.151. The number of para-hydroxylation sites is 1. The Morgan fingerprint density at radius 3 is 2.64 bits per heavy atom. The van der Waals surface area contributed by atoms with Crippen LogP contribution < -0.4 is 14.9 Å². The van der Waals surface area contributed by atoms with E-state index in [0.29, 0.717) is 5.56 Å². The van der Waals surface area contributed by atoms with E-state index in [-0.39, 0.29) is 44.9 Å². The van der Waals surface area contributed by atoms with Gasteiger partial charge in [0.05, 0.1) is 18.1 Å². The number of hydrogen-bond donors (Lipinski definition) is 2. The van der Waals surface area contributed by atoms with Crippen molar-refractivity contribution in [2.75, 3.05) is 7.11 Å². The molecule has 0 aliphatic carbocycles. The summed E-state index contributed by atoms with van der Waals surface area (Å²) in [6.07, 6.45) is 3.58. The van der Waals surface area contributed by atoms with Gasteiger partial charge in [-0.15, -0.1) is 0 Å². The molecule has 2 N–H and O–H groups in total. The third-order valence-electron chi connectivity index (χ3n) is 4.27. The van der Waals surface area contributed by atoms with Gasteiger partial charge in [0.1, 0.15) is 11.0 Å². The summed E-state index contributed by atoms with van der Waals surface area (Å²) in [5.41, 5.74) is -0.390. The lowest BCUT2D eigenvalue weighted by Crippen LogP contribution is -2.28. The van der Waals surface area contributed by atoms with Gasteiger partial charge in [0.25, 0.3) is 0 Å². The molecule has 0 atom stereocenters. The standard InChI is InChI=1S/C19H16O6/c1-19(2)8-7-10-16-12(14(22)18(23-3)17(10)25-19)13(21)9-5-4-6-11(20)15(9)24-16/h4-8,20,22H,1-3H3. The molecule has 4 rings (SSSR count). The van der Waals surface area contributed by atoms with Gasteiger partial charge in [-0.05, 0) is 38.1 Å². The summed E-state index contributed by atoms with van der Waals surface area (Å²) in [6, 6.07) is 4.50. The Hall–Kier alpha value is -3.15. The summed E-state index contributed by atoms with van der Waals surface area (Å²) in [4.78, 5) is 12.9. The van der Waals surface area contributed by atoms with Gasteiger partial charge >= 0.3 is 0 Å². The molecule has 6 nitrogen and oxygen atoms in total. The minimum atomic E-state index is -0.611. The maximum absolute atomic E-state index is 12.9. The zero-order chi connectivity index (χ0) is 17.9. The topological polar surface area (TPSA) is 89.1 Å². The summed E-state index contributed by atoms with van der Waals surface area (Å²) in [6.45, 7) is 3.71. The van der Waals surface area contributed by atoms with Crippen molar-refractivity contribution in [3.63, 3.8) is 0 Å². The van der Waals surface area contributed by atoms with Gasteiger partial charge in [-0.1, -0.05) is 6.07 Å². The largest absolute Gasteiger partial charge is 0.504 e. The number of ether oxygens (including phenoxy) is 2. The van der Waals surface area contributed by atoms with Gasteiger partial charge in [-0.2, -0.15) is 0 Å². The van der Waals surface area contributed by atoms with E-state index in [9.17, 15) is 15.0 Å². The molecule has 2 aromatic carbocycles. The molecule has 128 valence electrons. The molecule has 0 bridgehead atoms. The average Bonchev–Trinajstić information content (AvgIpc) is 2.55. The highest BCUT2D eigenvalue weighted by Crippen LogP contribution is 2.49. The molecular weight excluding hydrogens is 324 g/mol. The number of phenolic OH excluding ortho intramolecular Hbond substituents is 2. The van der Waals surface area contributed by atoms with Gasteiger partial charge in [0.15, 0.2) is 28.4 Å². The van der Waals surface area contributed by atoms with E-state index in [1.165, 1.54) is 19.2 Å². The van der Waals surface area contributed by atoms with Gasteiger partial charge in [0, 0.05) is 0 Å². The lowest BCUT2D eigenvalue weighted by Gasteiger charge is -2.29. The van der Waals surface area contributed by atoms with Crippen molar-refractivity contribution in [2.45, 2.75) is 19.4 Å². The van der Waals surface area contributed by atoms with Crippen LogP contribution in [-0.4, -0.2) is 22.9 Å². The molecule has 0 amide bonds. The number of benzene rings is 2. The monoisotopic (exact) mass is 340 g/mol. The SMILES string of the molecule is COc1c2c(c3oc4c(O)cccc4c(=O)c3c1O)C=CC(C)(C)O2. The Balaban J connectivity index is 2.26. The summed E-state index contributed by atoms with van der Waals surface area (Å²) in [7, 11) is 1.39. The highest BCUT2D eigenvalue weighted by atomic mass is 16.5. The maximum Gasteiger partial charge on any atom is 0.204 e. The number of fused-ring (bicyclic) bond motifs is 4. The van der Waals surface area contributed by atoms with Crippen LogP contribution in [0.1, 0.15) is 19.4 Å².